The molecule has 0 radical (unpaired) electrons. The SMILES string of the molecule is c1ccc(N(c2ccccc2)c2cc3c4c(c2)N(c2ccccc2)c2ccccc2B4c2cc4c(c5c2N3CCC5)N2CCCc3c(N(c5ccccc5)c5ccccc5)cc5c(c32)B4c2ccccc2O5)cc1. The Morgan fingerprint density at radius 1 is 0.365 bits per heavy atom. The first-order valence-electron chi connectivity index (χ1n) is 26.4. The van der Waals surface area contributed by atoms with Gasteiger partial charge in [0.15, 0.2) is 0 Å². The van der Waals surface area contributed by atoms with E-state index < -0.39 is 0 Å². The van der Waals surface area contributed by atoms with Crippen molar-refractivity contribution in [2.45, 2.75) is 25.7 Å². The predicted octanol–water partition coefficient (Wildman–Crippen LogP) is 12.3. The number of rotatable bonds is 7. The number of para-hydroxylation sites is 7. The average molecular weight is 950 g/mol. The van der Waals surface area contributed by atoms with Gasteiger partial charge in [0.1, 0.15) is 11.5 Å². The van der Waals surface area contributed by atoms with Crippen molar-refractivity contribution in [3.8, 4) is 11.5 Å². The van der Waals surface area contributed by atoms with Gasteiger partial charge in [0, 0.05) is 81.7 Å². The molecule has 0 amide bonds. The van der Waals surface area contributed by atoms with E-state index in [1.807, 2.05) is 0 Å². The molecule has 0 fully saturated rings. The largest absolute Gasteiger partial charge is 0.458 e. The third kappa shape index (κ3) is 6.02. The van der Waals surface area contributed by atoms with Crippen LogP contribution in [0.1, 0.15) is 24.0 Å². The smallest absolute Gasteiger partial charge is 0.256 e. The van der Waals surface area contributed by atoms with Gasteiger partial charge in [-0.3, -0.25) is 0 Å². The number of hydrogen-bond acceptors (Lipinski definition) is 6. The molecular weight excluding hydrogens is 900 g/mol. The van der Waals surface area contributed by atoms with Gasteiger partial charge in [-0.05, 0) is 155 Å². The number of nitrogens with zero attached hydrogens (tertiary/aromatic N) is 5. The summed E-state index contributed by atoms with van der Waals surface area (Å²) in [6.07, 6.45) is 4.09. The van der Waals surface area contributed by atoms with Crippen LogP contribution < -0.4 is 62.0 Å². The lowest BCUT2D eigenvalue weighted by Gasteiger charge is -2.50. The van der Waals surface area contributed by atoms with E-state index in [0.29, 0.717) is 0 Å². The first-order chi connectivity index (χ1) is 36.8. The molecule has 0 aromatic heterocycles. The zero-order valence-electron chi connectivity index (χ0n) is 40.9. The fourth-order valence-electron chi connectivity index (χ4n) is 13.8. The number of benzene rings is 10. The summed E-state index contributed by atoms with van der Waals surface area (Å²) >= 11 is 0. The quantitative estimate of drug-likeness (QED) is 0.148. The molecule has 8 heteroatoms. The van der Waals surface area contributed by atoms with Crippen LogP contribution in [0, 0.1) is 0 Å². The van der Waals surface area contributed by atoms with Crippen LogP contribution >= 0.6 is 0 Å². The van der Waals surface area contributed by atoms with Crippen molar-refractivity contribution >= 4 is 120 Å². The third-order valence-corrected chi connectivity index (χ3v) is 16.6. The minimum atomic E-state index is -0.00544. The van der Waals surface area contributed by atoms with Crippen LogP contribution in [0.3, 0.4) is 0 Å². The van der Waals surface area contributed by atoms with Gasteiger partial charge in [0.25, 0.3) is 13.4 Å². The second-order valence-corrected chi connectivity index (χ2v) is 20.5. The minimum absolute atomic E-state index is 0.000982. The standard InChI is InChI=1S/C66H49B2N5O/c1-6-22-44(23-7-1)71(45-24-8-2-9-25-45)49-40-58-62-59(41-49)73(48-30-14-5-15-31-48)56-36-18-16-34-52(56)67(62)54-42-55-65(51-33-21-38-69(58)64(51)54)70-39-20-32-50-57(72(46-26-10-3-11-27-46)47-28-12-4-13-29-47)43-61-63(66(50)70)68(55)53-35-17-19-37-60(53)74-61/h1-19,22-31,34-37,40-43H,20-21,32-33,38-39H2. The summed E-state index contributed by atoms with van der Waals surface area (Å²) in [6, 6.07) is 82.7. The molecule has 0 bridgehead atoms. The van der Waals surface area contributed by atoms with Crippen LogP contribution in [0.5, 0.6) is 11.5 Å². The van der Waals surface area contributed by atoms with Crippen LogP contribution in [0.2, 0.25) is 0 Å². The van der Waals surface area contributed by atoms with Crippen molar-refractivity contribution in [3.63, 3.8) is 0 Å². The highest BCUT2D eigenvalue weighted by Crippen LogP contribution is 2.53. The van der Waals surface area contributed by atoms with E-state index in [2.05, 4.69) is 249 Å². The van der Waals surface area contributed by atoms with E-state index in [0.717, 1.165) is 84.4 Å². The van der Waals surface area contributed by atoms with Gasteiger partial charge in [0.05, 0.1) is 11.4 Å². The molecule has 0 aliphatic carbocycles. The van der Waals surface area contributed by atoms with Crippen LogP contribution in [0.15, 0.2) is 224 Å². The van der Waals surface area contributed by atoms with E-state index in [1.165, 1.54) is 83.7 Å². The summed E-state index contributed by atoms with van der Waals surface area (Å²) in [5.41, 5.74) is 26.8. The Morgan fingerprint density at radius 2 is 0.878 bits per heavy atom. The van der Waals surface area contributed by atoms with Crippen molar-refractivity contribution in [1.82, 2.24) is 0 Å². The molecule has 350 valence electrons. The second-order valence-electron chi connectivity index (χ2n) is 20.5. The van der Waals surface area contributed by atoms with Gasteiger partial charge in [-0.15, -0.1) is 0 Å². The molecule has 0 atom stereocenters. The average Bonchev–Trinajstić information content (AvgIpc) is 3.52. The Kier molecular flexibility index (Phi) is 9.20. The van der Waals surface area contributed by atoms with Crippen LogP contribution in [-0.4, -0.2) is 26.5 Å². The van der Waals surface area contributed by atoms with Crippen LogP contribution in [0.4, 0.5) is 73.9 Å². The van der Waals surface area contributed by atoms with Crippen molar-refractivity contribution in [2.24, 2.45) is 0 Å². The lowest BCUT2D eigenvalue weighted by atomic mass is 9.30. The van der Waals surface area contributed by atoms with E-state index in [-0.39, 0.29) is 13.4 Å². The van der Waals surface area contributed by atoms with Gasteiger partial charge in [-0.2, -0.15) is 0 Å². The topological polar surface area (TPSA) is 25.4 Å². The Balaban J connectivity index is 0.980. The Morgan fingerprint density at radius 3 is 1.54 bits per heavy atom. The molecule has 6 aliphatic rings. The summed E-state index contributed by atoms with van der Waals surface area (Å²) in [5.74, 6) is 1.89. The Hall–Kier alpha value is -8.87. The molecule has 0 unspecified atom stereocenters. The van der Waals surface area contributed by atoms with E-state index >= 15 is 0 Å². The third-order valence-electron chi connectivity index (χ3n) is 16.6. The number of anilines is 13. The molecule has 10 aromatic carbocycles. The van der Waals surface area contributed by atoms with Gasteiger partial charge < -0.3 is 29.2 Å². The maximum atomic E-state index is 7.21. The Labute approximate surface area is 433 Å². The van der Waals surface area contributed by atoms with Crippen LogP contribution in [-0.2, 0) is 12.8 Å². The maximum absolute atomic E-state index is 7.21. The molecule has 6 heterocycles. The molecule has 0 saturated heterocycles. The zero-order valence-corrected chi connectivity index (χ0v) is 40.9. The number of fused-ring (bicyclic) bond motifs is 10. The minimum Gasteiger partial charge on any atom is -0.458 e. The molecule has 0 spiro atoms. The predicted molar refractivity (Wildman–Crippen MR) is 310 cm³/mol. The molecule has 6 aliphatic heterocycles. The summed E-state index contributed by atoms with van der Waals surface area (Å²) < 4.78 is 7.21. The lowest BCUT2D eigenvalue weighted by molar-refractivity contribution is 0.487. The molecule has 10 aromatic rings. The normalized spacial score (nSPS) is 14.7. The van der Waals surface area contributed by atoms with Crippen molar-refractivity contribution in [2.75, 3.05) is 37.6 Å². The highest BCUT2D eigenvalue weighted by Gasteiger charge is 2.50. The number of hydrogen-bond donors (Lipinski definition) is 0. The summed E-state index contributed by atoms with van der Waals surface area (Å²) in [5, 5.41) is 0. The van der Waals surface area contributed by atoms with E-state index in [9.17, 15) is 0 Å². The van der Waals surface area contributed by atoms with Crippen molar-refractivity contribution < 1.29 is 4.74 Å². The van der Waals surface area contributed by atoms with Crippen molar-refractivity contribution in [3.05, 3.63) is 236 Å². The molecule has 0 saturated carbocycles. The highest BCUT2D eigenvalue weighted by atomic mass is 16.5. The fraction of sp³-hybridized carbons (Fsp3) is 0.0909. The summed E-state index contributed by atoms with van der Waals surface area (Å²) in [4.78, 5) is 12.9. The molecule has 16 rings (SSSR count). The summed E-state index contributed by atoms with van der Waals surface area (Å²) in [6.45, 7) is 1.87. The van der Waals surface area contributed by atoms with Crippen LogP contribution in [0.25, 0.3) is 0 Å². The fourth-order valence-corrected chi connectivity index (χ4v) is 13.8. The highest BCUT2D eigenvalue weighted by molar-refractivity contribution is 7.02. The second kappa shape index (κ2) is 16.3. The molecule has 0 N–H and O–H groups in total. The van der Waals surface area contributed by atoms with Crippen molar-refractivity contribution in [1.29, 1.82) is 0 Å². The van der Waals surface area contributed by atoms with Gasteiger partial charge >= 0.3 is 0 Å². The number of ether oxygens (including phenoxy) is 1. The Bertz CT molecular complexity index is 3800. The first-order valence-corrected chi connectivity index (χ1v) is 26.4. The van der Waals surface area contributed by atoms with E-state index in [1.54, 1.807) is 0 Å². The molecular formula is C66H49B2N5O. The van der Waals surface area contributed by atoms with Gasteiger partial charge in [-0.1, -0.05) is 133 Å². The first kappa shape index (κ1) is 41.7. The monoisotopic (exact) mass is 949 g/mol. The lowest BCUT2D eigenvalue weighted by Crippen LogP contribution is -2.66. The van der Waals surface area contributed by atoms with Gasteiger partial charge in [0.2, 0.25) is 0 Å². The zero-order chi connectivity index (χ0) is 48.4. The molecule has 6 nitrogen and oxygen atoms in total. The van der Waals surface area contributed by atoms with E-state index in [4.69, 9.17) is 4.74 Å². The summed E-state index contributed by atoms with van der Waals surface area (Å²) in [7, 11) is 0. The van der Waals surface area contributed by atoms with Gasteiger partial charge in [-0.25, -0.2) is 0 Å². The molecule has 74 heavy (non-hydrogen) atoms. The maximum Gasteiger partial charge on any atom is 0.256 e.